The maximum atomic E-state index is 12.1. The van der Waals surface area contributed by atoms with E-state index in [1.54, 1.807) is 19.1 Å². The number of rotatable bonds is 7. The number of nitrogens with one attached hydrogen (secondary N) is 1. The average molecular weight is 366 g/mol. The molecular weight excluding hydrogens is 346 g/mol. The van der Waals surface area contributed by atoms with Gasteiger partial charge in [0.25, 0.3) is 5.91 Å². The van der Waals surface area contributed by atoms with E-state index in [-0.39, 0.29) is 11.9 Å². The Balaban J connectivity index is 1.77. The topological polar surface area (TPSA) is 55.4 Å². The number of hydrogen-bond acceptors (Lipinski definition) is 4. The highest BCUT2D eigenvalue weighted by Crippen LogP contribution is 2.22. The van der Waals surface area contributed by atoms with Gasteiger partial charge in [0, 0.05) is 6.04 Å². The molecular formula is C18H20ClNO3S. The largest absolute Gasteiger partial charge is 0.448 e. The summed E-state index contributed by atoms with van der Waals surface area (Å²) in [4.78, 5) is 24.4. The van der Waals surface area contributed by atoms with Gasteiger partial charge < -0.3 is 10.1 Å². The van der Waals surface area contributed by atoms with Gasteiger partial charge in [-0.15, -0.1) is 11.3 Å². The molecule has 0 saturated heterocycles. The highest BCUT2D eigenvalue weighted by molar-refractivity contribution is 7.17. The van der Waals surface area contributed by atoms with Gasteiger partial charge in [0.1, 0.15) is 4.88 Å². The number of ether oxygens (including phenoxy) is 1. The Labute approximate surface area is 150 Å². The van der Waals surface area contributed by atoms with Crippen LogP contribution in [0.1, 0.15) is 35.5 Å². The molecule has 2 rings (SSSR count). The second-order valence-electron chi connectivity index (χ2n) is 5.59. The van der Waals surface area contributed by atoms with Crippen LogP contribution in [0.15, 0.2) is 42.5 Å². The molecule has 1 aromatic carbocycles. The Kier molecular flexibility index (Phi) is 6.82. The molecule has 6 heteroatoms. The summed E-state index contributed by atoms with van der Waals surface area (Å²) >= 11 is 6.92. The van der Waals surface area contributed by atoms with Crippen LogP contribution in [0, 0.1) is 0 Å². The molecule has 1 heterocycles. The number of benzene rings is 1. The Hall–Kier alpha value is -1.85. The molecule has 24 heavy (non-hydrogen) atoms. The van der Waals surface area contributed by atoms with Gasteiger partial charge in [-0.3, -0.25) is 4.79 Å². The number of esters is 1. The fraction of sp³-hybridized carbons (Fsp3) is 0.333. The highest BCUT2D eigenvalue weighted by Gasteiger charge is 2.21. The Morgan fingerprint density at radius 1 is 1.17 bits per heavy atom. The predicted octanol–water partition coefficient (Wildman–Crippen LogP) is 4.08. The van der Waals surface area contributed by atoms with Gasteiger partial charge in [0.05, 0.1) is 4.34 Å². The van der Waals surface area contributed by atoms with Gasteiger partial charge in [-0.25, -0.2) is 4.79 Å². The van der Waals surface area contributed by atoms with E-state index in [0.717, 1.165) is 24.2 Å². The monoisotopic (exact) mass is 365 g/mol. The van der Waals surface area contributed by atoms with Crippen LogP contribution < -0.4 is 5.32 Å². The Bertz CT molecular complexity index is 687. The standard InChI is InChI=1S/C18H20ClNO3S/c1-12(8-9-14-6-4-3-5-7-14)20-17(21)13(2)23-18(22)15-10-11-16(19)24-15/h3-7,10-13H,8-9H2,1-2H3,(H,20,21)/t12-,13-/m1/s1. The van der Waals surface area contributed by atoms with E-state index < -0.39 is 12.1 Å². The van der Waals surface area contributed by atoms with Crippen LogP contribution in [0.4, 0.5) is 0 Å². The van der Waals surface area contributed by atoms with Crippen LogP contribution in [-0.4, -0.2) is 24.0 Å². The number of halogens is 1. The van der Waals surface area contributed by atoms with Crippen molar-refractivity contribution in [2.24, 2.45) is 0 Å². The van der Waals surface area contributed by atoms with E-state index in [9.17, 15) is 9.59 Å². The fourth-order valence-electron chi connectivity index (χ4n) is 2.16. The first-order chi connectivity index (χ1) is 11.5. The van der Waals surface area contributed by atoms with Crippen molar-refractivity contribution in [2.45, 2.75) is 38.8 Å². The number of hydrogen-bond donors (Lipinski definition) is 1. The number of thiophene rings is 1. The minimum Gasteiger partial charge on any atom is -0.448 e. The molecule has 0 bridgehead atoms. The summed E-state index contributed by atoms with van der Waals surface area (Å²) in [6.45, 7) is 3.50. The lowest BCUT2D eigenvalue weighted by Gasteiger charge is -2.17. The molecule has 4 nitrogen and oxygen atoms in total. The van der Waals surface area contributed by atoms with Crippen LogP contribution in [0.25, 0.3) is 0 Å². The molecule has 1 aromatic heterocycles. The molecule has 0 aliphatic rings. The molecule has 2 aromatic rings. The van der Waals surface area contributed by atoms with Gasteiger partial charge in [-0.05, 0) is 44.4 Å². The molecule has 128 valence electrons. The van der Waals surface area contributed by atoms with E-state index in [1.165, 1.54) is 5.56 Å². The lowest BCUT2D eigenvalue weighted by atomic mass is 10.1. The minimum atomic E-state index is -0.849. The summed E-state index contributed by atoms with van der Waals surface area (Å²) in [5.41, 5.74) is 1.23. The fourth-order valence-corrected chi connectivity index (χ4v) is 3.08. The number of carbonyl (C=O) groups is 2. The zero-order valence-corrected chi connectivity index (χ0v) is 15.2. The molecule has 0 aliphatic heterocycles. The zero-order valence-electron chi connectivity index (χ0n) is 13.6. The van der Waals surface area contributed by atoms with E-state index in [0.29, 0.717) is 9.21 Å². The molecule has 2 atom stereocenters. The molecule has 0 fully saturated rings. The minimum absolute atomic E-state index is 0.00459. The summed E-state index contributed by atoms with van der Waals surface area (Å²) < 4.78 is 5.68. The van der Waals surface area contributed by atoms with Crippen molar-refractivity contribution in [1.82, 2.24) is 5.32 Å². The molecule has 1 N–H and O–H groups in total. The van der Waals surface area contributed by atoms with Gasteiger partial charge in [0.2, 0.25) is 0 Å². The van der Waals surface area contributed by atoms with Crippen molar-refractivity contribution in [2.75, 3.05) is 0 Å². The molecule has 0 saturated carbocycles. The van der Waals surface area contributed by atoms with Crippen molar-refractivity contribution in [3.05, 3.63) is 57.2 Å². The maximum absolute atomic E-state index is 12.1. The Morgan fingerprint density at radius 3 is 2.50 bits per heavy atom. The second kappa shape index (κ2) is 8.85. The van der Waals surface area contributed by atoms with Crippen LogP contribution >= 0.6 is 22.9 Å². The quantitative estimate of drug-likeness (QED) is 0.752. The van der Waals surface area contributed by atoms with Crippen molar-refractivity contribution in [3.8, 4) is 0 Å². The highest BCUT2D eigenvalue weighted by atomic mass is 35.5. The third-order valence-corrected chi connectivity index (χ3v) is 4.74. The third kappa shape index (κ3) is 5.65. The predicted molar refractivity (Wildman–Crippen MR) is 96.6 cm³/mol. The van der Waals surface area contributed by atoms with Gasteiger partial charge in [0.15, 0.2) is 6.10 Å². The lowest BCUT2D eigenvalue weighted by Crippen LogP contribution is -2.40. The SMILES string of the molecule is C[C@H](CCc1ccccc1)NC(=O)[C@@H](C)OC(=O)c1ccc(Cl)s1. The molecule has 0 spiro atoms. The number of carbonyl (C=O) groups excluding carboxylic acids is 2. The smallest absolute Gasteiger partial charge is 0.349 e. The van der Waals surface area contributed by atoms with Gasteiger partial charge in [-0.2, -0.15) is 0 Å². The van der Waals surface area contributed by atoms with Crippen molar-refractivity contribution in [1.29, 1.82) is 0 Å². The Morgan fingerprint density at radius 2 is 1.88 bits per heavy atom. The van der Waals surface area contributed by atoms with E-state index in [4.69, 9.17) is 16.3 Å². The number of aryl methyl sites for hydroxylation is 1. The zero-order chi connectivity index (χ0) is 17.5. The summed E-state index contributed by atoms with van der Waals surface area (Å²) in [5, 5.41) is 2.87. The van der Waals surface area contributed by atoms with E-state index in [2.05, 4.69) is 17.4 Å². The second-order valence-corrected chi connectivity index (χ2v) is 7.30. The van der Waals surface area contributed by atoms with Crippen molar-refractivity contribution < 1.29 is 14.3 Å². The van der Waals surface area contributed by atoms with E-state index >= 15 is 0 Å². The lowest BCUT2D eigenvalue weighted by molar-refractivity contribution is -0.129. The third-order valence-electron chi connectivity index (χ3n) is 3.52. The van der Waals surface area contributed by atoms with E-state index in [1.807, 2.05) is 25.1 Å². The molecule has 1 amide bonds. The molecule has 0 unspecified atom stereocenters. The van der Waals surface area contributed by atoms with Crippen LogP contribution in [0.2, 0.25) is 4.34 Å². The first kappa shape index (κ1) is 18.5. The number of amides is 1. The average Bonchev–Trinajstić information content (AvgIpc) is 3.00. The van der Waals surface area contributed by atoms with Crippen molar-refractivity contribution >= 4 is 34.8 Å². The van der Waals surface area contributed by atoms with Crippen LogP contribution in [-0.2, 0) is 16.0 Å². The first-order valence-electron chi connectivity index (χ1n) is 7.76. The van der Waals surface area contributed by atoms with Gasteiger partial charge in [-0.1, -0.05) is 41.9 Å². The summed E-state index contributed by atoms with van der Waals surface area (Å²) in [7, 11) is 0. The summed E-state index contributed by atoms with van der Waals surface area (Å²) in [6, 6.07) is 13.3. The van der Waals surface area contributed by atoms with Crippen LogP contribution in [0.3, 0.4) is 0 Å². The summed E-state index contributed by atoms with van der Waals surface area (Å²) in [6.07, 6.45) is 0.846. The normalized spacial score (nSPS) is 13.1. The molecule has 0 radical (unpaired) electrons. The first-order valence-corrected chi connectivity index (χ1v) is 8.95. The van der Waals surface area contributed by atoms with Crippen molar-refractivity contribution in [3.63, 3.8) is 0 Å². The molecule has 0 aliphatic carbocycles. The van der Waals surface area contributed by atoms with Gasteiger partial charge >= 0.3 is 5.97 Å². The van der Waals surface area contributed by atoms with Crippen LogP contribution in [0.5, 0.6) is 0 Å². The maximum Gasteiger partial charge on any atom is 0.349 e. The summed E-state index contributed by atoms with van der Waals surface area (Å²) in [5.74, 6) is -0.835.